The Morgan fingerprint density at radius 3 is 2.79 bits per heavy atom. The van der Waals surface area contributed by atoms with Gasteiger partial charge < -0.3 is 0 Å². The summed E-state index contributed by atoms with van der Waals surface area (Å²) in [6.45, 7) is 0. The van der Waals surface area contributed by atoms with Crippen LogP contribution in [0.4, 0.5) is 13.2 Å². The van der Waals surface area contributed by atoms with Crippen molar-refractivity contribution in [3.05, 3.63) is 35.7 Å². The molecule has 0 saturated heterocycles. The molecule has 0 bridgehead atoms. The van der Waals surface area contributed by atoms with Crippen molar-refractivity contribution < 1.29 is 23.2 Å². The van der Waals surface area contributed by atoms with E-state index in [0.717, 1.165) is 12.3 Å². The van der Waals surface area contributed by atoms with Crippen LogP contribution in [0.1, 0.15) is 24.0 Å². The maximum absolute atomic E-state index is 12.6. The highest BCUT2D eigenvalue weighted by molar-refractivity contribution is 5.84. The number of hydrogen-bond donors (Lipinski definition) is 2. The molecule has 0 spiro atoms. The minimum absolute atomic E-state index is 0.350. The van der Waals surface area contributed by atoms with Crippen molar-refractivity contribution in [3.8, 4) is 0 Å². The van der Waals surface area contributed by atoms with Crippen molar-refractivity contribution in [1.82, 2.24) is 10.5 Å². The second-order valence-electron chi connectivity index (χ2n) is 4.27. The lowest BCUT2D eigenvalue weighted by molar-refractivity contribution is -0.137. The Morgan fingerprint density at radius 1 is 1.42 bits per heavy atom. The average molecular weight is 272 g/mol. The van der Waals surface area contributed by atoms with Gasteiger partial charge in [-0.05, 0) is 30.0 Å². The summed E-state index contributed by atoms with van der Waals surface area (Å²) in [7, 11) is 0. The Labute approximate surface area is 106 Å². The molecule has 0 fully saturated rings. The van der Waals surface area contributed by atoms with Gasteiger partial charge in [-0.2, -0.15) is 13.2 Å². The van der Waals surface area contributed by atoms with Gasteiger partial charge in [0.05, 0.1) is 11.5 Å². The van der Waals surface area contributed by atoms with Gasteiger partial charge in [0.15, 0.2) is 0 Å². The zero-order chi connectivity index (χ0) is 14.0. The first-order valence-corrected chi connectivity index (χ1v) is 5.59. The zero-order valence-electron chi connectivity index (χ0n) is 9.74. The molecular weight excluding hydrogens is 261 g/mol. The van der Waals surface area contributed by atoms with Gasteiger partial charge >= 0.3 is 6.18 Å². The van der Waals surface area contributed by atoms with Gasteiger partial charge in [-0.3, -0.25) is 15.0 Å². The van der Waals surface area contributed by atoms with Crippen LogP contribution >= 0.6 is 0 Å². The fourth-order valence-electron chi connectivity index (χ4n) is 2.02. The van der Waals surface area contributed by atoms with Crippen LogP contribution in [0.15, 0.2) is 24.5 Å². The van der Waals surface area contributed by atoms with Gasteiger partial charge in [0.25, 0.3) is 0 Å². The first-order valence-electron chi connectivity index (χ1n) is 5.59. The van der Waals surface area contributed by atoms with Gasteiger partial charge in [-0.1, -0.05) is 6.08 Å². The summed E-state index contributed by atoms with van der Waals surface area (Å²) in [6.07, 6.45) is 0.142. The Kier molecular flexibility index (Phi) is 3.57. The molecule has 1 amide bonds. The number of allylic oxidation sites excluding steroid dienone is 1. The highest BCUT2D eigenvalue weighted by Gasteiger charge is 2.32. The number of carbonyl (C=O) groups is 1. The van der Waals surface area contributed by atoms with Crippen LogP contribution in [0.25, 0.3) is 5.57 Å². The minimum Gasteiger partial charge on any atom is -0.289 e. The van der Waals surface area contributed by atoms with Crippen LogP contribution in [0, 0.1) is 5.92 Å². The molecule has 2 N–H and O–H groups in total. The lowest BCUT2D eigenvalue weighted by Crippen LogP contribution is -2.25. The Bertz CT molecular complexity index is 526. The number of alkyl halides is 3. The van der Waals surface area contributed by atoms with E-state index in [1.165, 1.54) is 11.7 Å². The molecule has 1 aliphatic carbocycles. The smallest absolute Gasteiger partial charge is 0.289 e. The molecule has 1 aromatic heterocycles. The Morgan fingerprint density at radius 2 is 2.16 bits per heavy atom. The number of aromatic nitrogens is 1. The average Bonchev–Trinajstić information content (AvgIpc) is 2.86. The van der Waals surface area contributed by atoms with Crippen LogP contribution in [0.2, 0.25) is 0 Å². The van der Waals surface area contributed by atoms with Crippen molar-refractivity contribution in [2.45, 2.75) is 19.0 Å². The molecule has 7 heteroatoms. The molecule has 1 heterocycles. The third-order valence-corrected chi connectivity index (χ3v) is 3.01. The minimum atomic E-state index is -4.44. The van der Waals surface area contributed by atoms with E-state index in [1.807, 2.05) is 0 Å². The summed E-state index contributed by atoms with van der Waals surface area (Å²) in [4.78, 5) is 14.8. The highest BCUT2D eigenvalue weighted by Crippen LogP contribution is 2.34. The van der Waals surface area contributed by atoms with E-state index < -0.39 is 23.6 Å². The standard InChI is InChI=1S/C12H11F3N2O2/c13-12(14,15)10-4-9(5-16-6-10)7-1-2-8(3-7)11(18)17-19/h3-6,8,19H,1-2H2,(H,17,18). The number of nitrogens with zero attached hydrogens (tertiary/aromatic N) is 1. The molecule has 102 valence electrons. The van der Waals surface area contributed by atoms with Gasteiger partial charge in [-0.25, -0.2) is 5.48 Å². The van der Waals surface area contributed by atoms with Crippen LogP contribution in [0.5, 0.6) is 0 Å². The number of halogens is 3. The number of nitrogens with one attached hydrogen (secondary N) is 1. The first-order chi connectivity index (χ1) is 8.91. The van der Waals surface area contributed by atoms with Gasteiger partial charge in [-0.15, -0.1) is 0 Å². The number of carbonyl (C=O) groups excluding carboxylic acids is 1. The van der Waals surface area contributed by atoms with Gasteiger partial charge in [0, 0.05) is 12.4 Å². The summed E-state index contributed by atoms with van der Waals surface area (Å²) >= 11 is 0. The van der Waals surface area contributed by atoms with E-state index >= 15 is 0 Å². The summed E-state index contributed by atoms with van der Waals surface area (Å²) in [5.74, 6) is -1.08. The number of amides is 1. The monoisotopic (exact) mass is 272 g/mol. The fraction of sp³-hybridized carbons (Fsp3) is 0.333. The van der Waals surface area contributed by atoms with E-state index in [9.17, 15) is 18.0 Å². The fourth-order valence-corrected chi connectivity index (χ4v) is 2.02. The van der Waals surface area contributed by atoms with E-state index in [2.05, 4.69) is 4.98 Å². The summed E-state index contributed by atoms with van der Waals surface area (Å²) < 4.78 is 37.7. The molecule has 0 aromatic carbocycles. The number of hydroxylamine groups is 1. The third-order valence-electron chi connectivity index (χ3n) is 3.01. The molecule has 0 saturated carbocycles. The lowest BCUT2D eigenvalue weighted by atomic mass is 10.1. The van der Waals surface area contributed by atoms with Crippen molar-refractivity contribution in [1.29, 1.82) is 0 Å². The van der Waals surface area contributed by atoms with Gasteiger partial charge in [0.2, 0.25) is 5.91 Å². The highest BCUT2D eigenvalue weighted by atomic mass is 19.4. The zero-order valence-corrected chi connectivity index (χ0v) is 9.74. The normalized spacial score (nSPS) is 19.2. The van der Waals surface area contributed by atoms with Crippen molar-refractivity contribution in [2.24, 2.45) is 5.92 Å². The van der Waals surface area contributed by atoms with Crippen LogP contribution in [0.3, 0.4) is 0 Å². The van der Waals surface area contributed by atoms with E-state index in [0.29, 0.717) is 24.0 Å². The number of rotatable bonds is 2. The molecule has 0 aliphatic heterocycles. The predicted molar refractivity (Wildman–Crippen MR) is 59.9 cm³/mol. The van der Waals surface area contributed by atoms with Gasteiger partial charge in [0.1, 0.15) is 0 Å². The maximum Gasteiger partial charge on any atom is 0.417 e. The Balaban J connectivity index is 2.26. The van der Waals surface area contributed by atoms with Crippen molar-refractivity contribution >= 4 is 11.5 Å². The van der Waals surface area contributed by atoms with Crippen LogP contribution < -0.4 is 5.48 Å². The maximum atomic E-state index is 12.6. The Hall–Kier alpha value is -1.89. The molecule has 2 rings (SSSR count). The molecule has 4 nitrogen and oxygen atoms in total. The van der Waals surface area contributed by atoms with Crippen molar-refractivity contribution in [2.75, 3.05) is 0 Å². The van der Waals surface area contributed by atoms with Crippen molar-refractivity contribution in [3.63, 3.8) is 0 Å². The predicted octanol–water partition coefficient (Wildman–Crippen LogP) is 2.40. The molecule has 1 aromatic rings. The third kappa shape index (κ3) is 2.93. The van der Waals surface area contributed by atoms with E-state index in [-0.39, 0.29) is 0 Å². The molecule has 1 atom stereocenters. The van der Waals surface area contributed by atoms with Crippen LogP contribution in [-0.2, 0) is 11.0 Å². The van der Waals surface area contributed by atoms with Crippen LogP contribution in [-0.4, -0.2) is 16.1 Å². The first kappa shape index (κ1) is 13.5. The lowest BCUT2D eigenvalue weighted by Gasteiger charge is -2.08. The van der Waals surface area contributed by atoms with E-state index in [1.54, 1.807) is 6.08 Å². The summed E-state index contributed by atoms with van der Waals surface area (Å²) in [5.41, 5.74) is 1.70. The molecular formula is C12H11F3N2O2. The SMILES string of the molecule is O=C(NO)C1C=C(c2cncc(C(F)(F)F)c2)CC1. The largest absolute Gasteiger partial charge is 0.417 e. The molecule has 0 radical (unpaired) electrons. The quantitative estimate of drug-likeness (QED) is 0.642. The number of pyridine rings is 1. The summed E-state index contributed by atoms with van der Waals surface area (Å²) in [6, 6.07) is 1.01. The second-order valence-corrected chi connectivity index (χ2v) is 4.27. The molecule has 1 unspecified atom stereocenters. The van der Waals surface area contributed by atoms with E-state index in [4.69, 9.17) is 5.21 Å². The second kappa shape index (κ2) is 5.00. The number of hydrogen-bond acceptors (Lipinski definition) is 3. The molecule has 19 heavy (non-hydrogen) atoms. The topological polar surface area (TPSA) is 62.2 Å². The molecule has 1 aliphatic rings. The summed E-state index contributed by atoms with van der Waals surface area (Å²) in [5, 5.41) is 8.51.